The first kappa shape index (κ1) is 23.3. The molecule has 1 N–H and O–H groups in total. The van der Waals surface area contributed by atoms with E-state index in [-0.39, 0.29) is 12.1 Å². The summed E-state index contributed by atoms with van der Waals surface area (Å²) in [7, 11) is 2.06. The van der Waals surface area contributed by atoms with E-state index in [1.54, 1.807) is 30.3 Å². The molecule has 33 heavy (non-hydrogen) atoms. The van der Waals surface area contributed by atoms with Gasteiger partial charge in [-0.15, -0.1) is 0 Å². The van der Waals surface area contributed by atoms with E-state index in [9.17, 15) is 14.4 Å². The number of likely N-dealkylation sites (N-methyl/N-ethyl adjacent to an activating group) is 1. The summed E-state index contributed by atoms with van der Waals surface area (Å²) in [6.45, 7) is 6.08. The molecule has 2 aliphatic rings. The van der Waals surface area contributed by atoms with Gasteiger partial charge >= 0.3 is 0 Å². The third-order valence-electron chi connectivity index (χ3n) is 5.84. The average Bonchev–Trinajstić information content (AvgIpc) is 3.01. The fourth-order valence-corrected chi connectivity index (χ4v) is 5.03. The van der Waals surface area contributed by atoms with Gasteiger partial charge in [-0.1, -0.05) is 28.1 Å². The van der Waals surface area contributed by atoms with Crippen LogP contribution in [0, 0.1) is 0 Å². The number of thioether (sulfide) groups is 1. The van der Waals surface area contributed by atoms with Crippen molar-refractivity contribution >= 4 is 67.8 Å². The van der Waals surface area contributed by atoms with Crippen LogP contribution in [0.2, 0.25) is 0 Å². The maximum Gasteiger partial charge on any atom is 0.294 e. The van der Waals surface area contributed by atoms with E-state index in [2.05, 4.69) is 60.0 Å². The first-order valence-corrected chi connectivity index (χ1v) is 12.0. The Morgan fingerprint density at radius 2 is 1.85 bits per heavy atom. The standard InChI is InChI=1S/C25H24BrN3O3S/c1-15-13-25(2,3)28(4)20-10-5-16(11-19(15)20)12-21-23(31)29(24(32)33-21)14-22(30)27-18-8-6-17(26)7-9-18/h5-13H,14H2,1-4H3,(H,27,30)/b21-12-. The number of imide groups is 1. The number of allylic oxidation sites excluding steroid dienone is 1. The number of benzene rings is 2. The fraction of sp³-hybridized carbons (Fsp3) is 0.240. The number of amides is 3. The summed E-state index contributed by atoms with van der Waals surface area (Å²) >= 11 is 4.19. The first-order valence-electron chi connectivity index (χ1n) is 10.4. The minimum absolute atomic E-state index is 0.0852. The average molecular weight is 526 g/mol. The Hall–Kier alpha value is -2.84. The zero-order valence-electron chi connectivity index (χ0n) is 18.8. The van der Waals surface area contributed by atoms with Crippen molar-refractivity contribution in [3.63, 3.8) is 0 Å². The van der Waals surface area contributed by atoms with E-state index < -0.39 is 17.1 Å². The highest BCUT2D eigenvalue weighted by molar-refractivity contribution is 9.10. The number of hydrogen-bond acceptors (Lipinski definition) is 5. The van der Waals surface area contributed by atoms with Crippen LogP contribution in [0.5, 0.6) is 0 Å². The molecular formula is C25H24BrN3O3S. The lowest BCUT2D eigenvalue weighted by Gasteiger charge is -2.40. The molecule has 0 unspecified atom stereocenters. The Morgan fingerprint density at radius 3 is 2.55 bits per heavy atom. The summed E-state index contributed by atoms with van der Waals surface area (Å²) in [5, 5.41) is 2.25. The molecule has 2 aliphatic heterocycles. The number of halogens is 1. The molecule has 1 saturated heterocycles. The van der Waals surface area contributed by atoms with Gasteiger partial charge in [0.15, 0.2) is 0 Å². The van der Waals surface area contributed by atoms with Crippen LogP contribution in [0.4, 0.5) is 16.2 Å². The number of hydrogen-bond donors (Lipinski definition) is 1. The van der Waals surface area contributed by atoms with E-state index in [0.717, 1.165) is 37.9 Å². The molecule has 0 atom stereocenters. The molecule has 0 radical (unpaired) electrons. The zero-order chi connectivity index (χ0) is 23.9. The second-order valence-electron chi connectivity index (χ2n) is 8.64. The Bertz CT molecular complexity index is 1220. The predicted octanol–water partition coefficient (Wildman–Crippen LogP) is 5.76. The van der Waals surface area contributed by atoms with Crippen LogP contribution < -0.4 is 10.2 Å². The van der Waals surface area contributed by atoms with Crippen LogP contribution >= 0.6 is 27.7 Å². The highest BCUT2D eigenvalue weighted by atomic mass is 79.9. The van der Waals surface area contributed by atoms with E-state index in [0.29, 0.717) is 10.6 Å². The Balaban J connectivity index is 1.51. The third-order valence-corrected chi connectivity index (χ3v) is 7.28. The van der Waals surface area contributed by atoms with Gasteiger partial charge in [-0.05, 0) is 86.1 Å². The summed E-state index contributed by atoms with van der Waals surface area (Å²) in [5.74, 6) is -0.889. The van der Waals surface area contributed by atoms with E-state index in [4.69, 9.17) is 0 Å². The number of carbonyl (C=O) groups excluding carboxylic acids is 3. The van der Waals surface area contributed by atoms with Crippen LogP contribution in [-0.2, 0) is 9.59 Å². The van der Waals surface area contributed by atoms with Crippen LogP contribution in [0.1, 0.15) is 31.9 Å². The molecular weight excluding hydrogens is 502 g/mol. The molecule has 8 heteroatoms. The Kier molecular flexibility index (Phi) is 6.24. The van der Waals surface area contributed by atoms with Crippen molar-refractivity contribution < 1.29 is 14.4 Å². The Morgan fingerprint density at radius 1 is 1.15 bits per heavy atom. The van der Waals surface area contributed by atoms with Crippen LogP contribution in [0.3, 0.4) is 0 Å². The van der Waals surface area contributed by atoms with Gasteiger partial charge in [0, 0.05) is 28.5 Å². The number of anilines is 2. The van der Waals surface area contributed by atoms with Gasteiger partial charge in [0.05, 0.1) is 10.4 Å². The molecule has 170 valence electrons. The monoisotopic (exact) mass is 525 g/mol. The van der Waals surface area contributed by atoms with Crippen molar-refractivity contribution in [3.8, 4) is 0 Å². The van der Waals surface area contributed by atoms with E-state index >= 15 is 0 Å². The highest BCUT2D eigenvalue weighted by Crippen LogP contribution is 2.39. The second-order valence-corrected chi connectivity index (χ2v) is 10.5. The molecule has 0 aliphatic carbocycles. The van der Waals surface area contributed by atoms with Crippen molar-refractivity contribution in [1.29, 1.82) is 0 Å². The minimum Gasteiger partial charge on any atom is -0.366 e. The topological polar surface area (TPSA) is 69.7 Å². The molecule has 2 aromatic rings. The molecule has 0 saturated carbocycles. The number of fused-ring (bicyclic) bond motifs is 1. The van der Waals surface area contributed by atoms with Crippen LogP contribution in [-0.4, -0.2) is 41.1 Å². The minimum atomic E-state index is -0.459. The molecule has 3 amide bonds. The van der Waals surface area contributed by atoms with E-state index in [1.807, 2.05) is 18.2 Å². The Labute approximate surface area is 205 Å². The van der Waals surface area contributed by atoms with Gasteiger partial charge in [-0.25, -0.2) is 0 Å². The SMILES string of the molecule is CC1=CC(C)(C)N(C)c2ccc(/C=C3\SC(=O)N(CC(=O)Nc4ccc(Br)cc4)C3=O)cc21. The van der Waals surface area contributed by atoms with Gasteiger partial charge in [0.2, 0.25) is 5.91 Å². The lowest BCUT2D eigenvalue weighted by Crippen LogP contribution is -2.42. The van der Waals surface area contributed by atoms with Crippen molar-refractivity contribution in [2.24, 2.45) is 0 Å². The summed E-state index contributed by atoms with van der Waals surface area (Å²) < 4.78 is 0.889. The van der Waals surface area contributed by atoms with Crippen LogP contribution in [0.15, 0.2) is 57.9 Å². The summed E-state index contributed by atoms with van der Waals surface area (Å²) in [6.07, 6.45) is 3.93. The molecule has 6 nitrogen and oxygen atoms in total. The molecule has 0 bridgehead atoms. The number of rotatable bonds is 4. The highest BCUT2D eigenvalue weighted by Gasteiger charge is 2.36. The van der Waals surface area contributed by atoms with Gasteiger partial charge in [0.25, 0.3) is 11.1 Å². The van der Waals surface area contributed by atoms with Gasteiger partial charge in [0.1, 0.15) is 6.54 Å². The van der Waals surface area contributed by atoms with Gasteiger partial charge in [-0.3, -0.25) is 19.3 Å². The maximum absolute atomic E-state index is 12.9. The lowest BCUT2D eigenvalue weighted by molar-refractivity contribution is -0.127. The molecule has 4 rings (SSSR count). The van der Waals surface area contributed by atoms with Crippen molar-refractivity contribution in [1.82, 2.24) is 4.90 Å². The van der Waals surface area contributed by atoms with Gasteiger partial charge in [-0.2, -0.15) is 0 Å². The largest absolute Gasteiger partial charge is 0.366 e. The fourth-order valence-electron chi connectivity index (χ4n) is 3.93. The summed E-state index contributed by atoms with van der Waals surface area (Å²) in [4.78, 5) is 41.2. The zero-order valence-corrected chi connectivity index (χ0v) is 21.2. The first-order chi connectivity index (χ1) is 15.5. The molecule has 0 spiro atoms. The summed E-state index contributed by atoms with van der Waals surface area (Å²) in [5.41, 5.74) is 4.73. The smallest absolute Gasteiger partial charge is 0.294 e. The quantitative estimate of drug-likeness (QED) is 0.514. The van der Waals surface area contributed by atoms with Crippen LogP contribution in [0.25, 0.3) is 11.6 Å². The van der Waals surface area contributed by atoms with Gasteiger partial charge < -0.3 is 10.2 Å². The van der Waals surface area contributed by atoms with Crippen molar-refractivity contribution in [3.05, 3.63) is 69.0 Å². The van der Waals surface area contributed by atoms with Crippen molar-refractivity contribution in [2.75, 3.05) is 23.8 Å². The second kappa shape index (κ2) is 8.83. The summed E-state index contributed by atoms with van der Waals surface area (Å²) in [6, 6.07) is 13.1. The lowest BCUT2D eigenvalue weighted by atomic mass is 9.88. The predicted molar refractivity (Wildman–Crippen MR) is 138 cm³/mol. The molecule has 1 fully saturated rings. The van der Waals surface area contributed by atoms with Crippen molar-refractivity contribution in [2.45, 2.75) is 26.3 Å². The maximum atomic E-state index is 12.9. The normalized spacial score (nSPS) is 18.5. The molecule has 2 heterocycles. The number of nitrogens with one attached hydrogen (secondary N) is 1. The molecule has 0 aromatic heterocycles. The third kappa shape index (κ3) is 4.77. The number of nitrogens with zero attached hydrogens (tertiary/aromatic N) is 2. The number of carbonyl (C=O) groups is 3. The molecule has 2 aromatic carbocycles. The van der Waals surface area contributed by atoms with E-state index in [1.165, 1.54) is 5.57 Å².